The van der Waals surface area contributed by atoms with Crippen LogP contribution in [0.15, 0.2) is 24.8 Å². The predicted molar refractivity (Wildman–Crippen MR) is 60.0 cm³/mol. The number of rotatable bonds is 3. The van der Waals surface area contributed by atoms with Gasteiger partial charge in [0.05, 0.1) is 5.56 Å². The van der Waals surface area contributed by atoms with E-state index in [1.165, 1.54) is 0 Å². The molecule has 0 unspecified atom stereocenters. The SMILES string of the molecule is C=CC(=O)Nc1cc(C(F)(F)F)cc(C2CC2)n1. The van der Waals surface area contributed by atoms with E-state index in [2.05, 4.69) is 16.9 Å². The van der Waals surface area contributed by atoms with Gasteiger partial charge in [-0.1, -0.05) is 6.58 Å². The summed E-state index contributed by atoms with van der Waals surface area (Å²) in [5.41, 5.74) is -0.414. The number of aromatic nitrogens is 1. The fourth-order valence-electron chi connectivity index (χ4n) is 1.55. The Balaban J connectivity index is 2.36. The predicted octanol–water partition coefficient (Wildman–Crippen LogP) is 3.10. The molecule has 1 N–H and O–H groups in total. The summed E-state index contributed by atoms with van der Waals surface area (Å²) in [5, 5.41) is 2.26. The van der Waals surface area contributed by atoms with Crippen molar-refractivity contribution in [3.8, 4) is 0 Å². The molecule has 0 aromatic carbocycles. The fraction of sp³-hybridized carbons (Fsp3) is 0.333. The van der Waals surface area contributed by atoms with Crippen LogP contribution in [0.1, 0.15) is 30.0 Å². The minimum absolute atomic E-state index is 0.0756. The number of pyridine rings is 1. The monoisotopic (exact) mass is 256 g/mol. The van der Waals surface area contributed by atoms with Gasteiger partial charge in [0.1, 0.15) is 5.82 Å². The molecule has 1 aliphatic carbocycles. The van der Waals surface area contributed by atoms with Crippen LogP contribution in [0.2, 0.25) is 0 Å². The highest BCUT2D eigenvalue weighted by Gasteiger charge is 2.34. The number of nitrogens with zero attached hydrogens (tertiary/aromatic N) is 1. The van der Waals surface area contributed by atoms with Crippen LogP contribution in [0.5, 0.6) is 0 Å². The lowest BCUT2D eigenvalue weighted by Crippen LogP contribution is -2.13. The summed E-state index contributed by atoms with van der Waals surface area (Å²) in [7, 11) is 0. The van der Waals surface area contributed by atoms with Crippen molar-refractivity contribution in [3.05, 3.63) is 36.0 Å². The number of carbonyl (C=O) groups is 1. The summed E-state index contributed by atoms with van der Waals surface area (Å²) < 4.78 is 38.1. The molecular formula is C12H11F3N2O. The highest BCUT2D eigenvalue weighted by molar-refractivity contribution is 5.98. The van der Waals surface area contributed by atoms with Crippen LogP contribution in [0.4, 0.5) is 19.0 Å². The van der Waals surface area contributed by atoms with Crippen LogP contribution in [-0.2, 0) is 11.0 Å². The number of amides is 1. The van der Waals surface area contributed by atoms with Gasteiger partial charge in [-0.2, -0.15) is 13.2 Å². The van der Waals surface area contributed by atoms with Crippen molar-refractivity contribution in [2.24, 2.45) is 0 Å². The maximum atomic E-state index is 12.7. The summed E-state index contributed by atoms with van der Waals surface area (Å²) in [4.78, 5) is 15.1. The van der Waals surface area contributed by atoms with Crippen LogP contribution in [-0.4, -0.2) is 10.9 Å². The third kappa shape index (κ3) is 2.88. The molecule has 3 nitrogen and oxygen atoms in total. The van der Waals surface area contributed by atoms with Crippen LogP contribution in [0.25, 0.3) is 0 Å². The fourth-order valence-corrected chi connectivity index (χ4v) is 1.55. The average molecular weight is 256 g/mol. The second-order valence-electron chi connectivity index (χ2n) is 4.13. The molecule has 6 heteroatoms. The Morgan fingerprint density at radius 1 is 1.44 bits per heavy atom. The number of nitrogens with one attached hydrogen (secondary N) is 1. The topological polar surface area (TPSA) is 42.0 Å². The quantitative estimate of drug-likeness (QED) is 0.844. The van der Waals surface area contributed by atoms with Crippen LogP contribution in [0, 0.1) is 0 Å². The lowest BCUT2D eigenvalue weighted by atomic mass is 10.1. The minimum Gasteiger partial charge on any atom is -0.307 e. The summed E-state index contributed by atoms with van der Waals surface area (Å²) in [6.07, 6.45) is -1.79. The molecule has 18 heavy (non-hydrogen) atoms. The third-order valence-corrected chi connectivity index (χ3v) is 2.60. The largest absolute Gasteiger partial charge is 0.416 e. The normalized spacial score (nSPS) is 15.3. The van der Waals surface area contributed by atoms with Crippen molar-refractivity contribution in [1.82, 2.24) is 4.98 Å². The zero-order chi connectivity index (χ0) is 13.3. The molecule has 0 saturated heterocycles. The first-order valence-electron chi connectivity index (χ1n) is 5.43. The van der Waals surface area contributed by atoms with Crippen LogP contribution < -0.4 is 5.32 Å². The molecule has 1 aromatic heterocycles. The molecule has 2 rings (SSSR count). The number of anilines is 1. The van der Waals surface area contributed by atoms with Gasteiger partial charge < -0.3 is 5.32 Å². The number of hydrogen-bond acceptors (Lipinski definition) is 2. The Kier molecular flexibility index (Phi) is 3.11. The van der Waals surface area contributed by atoms with Crippen molar-refractivity contribution in [3.63, 3.8) is 0 Å². The van der Waals surface area contributed by atoms with E-state index in [1.807, 2.05) is 0 Å². The van der Waals surface area contributed by atoms with Gasteiger partial charge in [0.15, 0.2) is 0 Å². The Hall–Kier alpha value is -1.85. The molecule has 0 spiro atoms. The van der Waals surface area contributed by atoms with E-state index in [0.29, 0.717) is 5.69 Å². The average Bonchev–Trinajstić information content (AvgIpc) is 3.11. The summed E-state index contributed by atoms with van der Waals surface area (Å²) in [6, 6.07) is 1.87. The van der Waals surface area contributed by atoms with Crippen molar-refractivity contribution >= 4 is 11.7 Å². The first kappa shape index (κ1) is 12.6. The van der Waals surface area contributed by atoms with Gasteiger partial charge in [-0.3, -0.25) is 4.79 Å². The van der Waals surface area contributed by atoms with E-state index in [0.717, 1.165) is 31.1 Å². The number of hydrogen-bond donors (Lipinski definition) is 1. The molecule has 96 valence electrons. The maximum absolute atomic E-state index is 12.7. The number of carbonyl (C=O) groups excluding carboxylic acids is 1. The van der Waals surface area contributed by atoms with Gasteiger partial charge in [-0.05, 0) is 31.1 Å². The molecule has 0 bridgehead atoms. The zero-order valence-electron chi connectivity index (χ0n) is 9.42. The van der Waals surface area contributed by atoms with E-state index >= 15 is 0 Å². The molecular weight excluding hydrogens is 245 g/mol. The Morgan fingerprint density at radius 2 is 2.11 bits per heavy atom. The molecule has 0 radical (unpaired) electrons. The Morgan fingerprint density at radius 3 is 2.61 bits per heavy atom. The Labute approximate surface area is 102 Å². The van der Waals surface area contributed by atoms with Crippen LogP contribution in [0.3, 0.4) is 0 Å². The van der Waals surface area contributed by atoms with Gasteiger partial charge in [0.25, 0.3) is 0 Å². The second kappa shape index (κ2) is 4.44. The highest BCUT2D eigenvalue weighted by Crippen LogP contribution is 2.41. The van der Waals surface area contributed by atoms with Gasteiger partial charge in [0.2, 0.25) is 5.91 Å². The first-order valence-corrected chi connectivity index (χ1v) is 5.43. The van der Waals surface area contributed by atoms with E-state index in [1.54, 1.807) is 0 Å². The third-order valence-electron chi connectivity index (χ3n) is 2.60. The van der Waals surface area contributed by atoms with Crippen molar-refractivity contribution in [2.75, 3.05) is 5.32 Å². The zero-order valence-corrected chi connectivity index (χ0v) is 9.42. The van der Waals surface area contributed by atoms with Gasteiger partial charge in [-0.15, -0.1) is 0 Å². The smallest absolute Gasteiger partial charge is 0.307 e. The van der Waals surface area contributed by atoms with Crippen molar-refractivity contribution in [2.45, 2.75) is 24.9 Å². The summed E-state index contributed by atoms with van der Waals surface area (Å²) >= 11 is 0. The van der Waals surface area contributed by atoms with E-state index in [9.17, 15) is 18.0 Å². The van der Waals surface area contributed by atoms with Gasteiger partial charge in [-0.25, -0.2) is 4.98 Å². The van der Waals surface area contributed by atoms with Crippen molar-refractivity contribution < 1.29 is 18.0 Å². The first-order chi connectivity index (χ1) is 8.40. The molecule has 0 atom stereocenters. The lowest BCUT2D eigenvalue weighted by Gasteiger charge is -2.11. The highest BCUT2D eigenvalue weighted by atomic mass is 19.4. The lowest BCUT2D eigenvalue weighted by molar-refractivity contribution is -0.137. The molecule has 1 saturated carbocycles. The molecule has 1 fully saturated rings. The molecule has 1 aromatic rings. The van der Waals surface area contributed by atoms with Crippen LogP contribution >= 0.6 is 0 Å². The van der Waals surface area contributed by atoms with Gasteiger partial charge in [0, 0.05) is 11.6 Å². The van der Waals surface area contributed by atoms with E-state index in [-0.39, 0.29) is 11.7 Å². The second-order valence-corrected chi connectivity index (χ2v) is 4.13. The minimum atomic E-state index is -4.44. The molecule has 1 amide bonds. The van der Waals surface area contributed by atoms with Crippen molar-refractivity contribution in [1.29, 1.82) is 0 Å². The summed E-state index contributed by atoms with van der Waals surface area (Å²) in [5.74, 6) is -0.591. The molecule has 1 aliphatic rings. The van der Waals surface area contributed by atoms with E-state index in [4.69, 9.17) is 0 Å². The number of alkyl halides is 3. The van der Waals surface area contributed by atoms with E-state index < -0.39 is 17.6 Å². The number of halogens is 3. The molecule has 1 heterocycles. The van der Waals surface area contributed by atoms with Gasteiger partial charge >= 0.3 is 6.18 Å². The Bertz CT molecular complexity index is 493. The standard InChI is InChI=1S/C12H11F3N2O/c1-2-11(18)17-10-6-8(12(13,14)15)5-9(16-10)7-3-4-7/h2,5-7H,1,3-4H2,(H,16,17,18). The summed E-state index contributed by atoms with van der Waals surface area (Å²) in [6.45, 7) is 3.24. The maximum Gasteiger partial charge on any atom is 0.416 e. The molecule has 0 aliphatic heterocycles.